The van der Waals surface area contributed by atoms with Gasteiger partial charge >= 0.3 is 0 Å². The highest BCUT2D eigenvalue weighted by atomic mass is 35.5. The minimum absolute atomic E-state index is 0.00300. The summed E-state index contributed by atoms with van der Waals surface area (Å²) in [5, 5.41) is 3.29. The quantitative estimate of drug-likeness (QED) is 0.726. The number of nitrogens with zero attached hydrogens (tertiary/aromatic N) is 1. The van der Waals surface area contributed by atoms with Gasteiger partial charge in [-0.1, -0.05) is 11.6 Å². The van der Waals surface area contributed by atoms with Gasteiger partial charge < -0.3 is 24.1 Å². The molecule has 0 aliphatic carbocycles. The molecule has 2 heterocycles. The number of methoxy groups -OCH3 is 2. The van der Waals surface area contributed by atoms with Crippen LogP contribution in [-0.2, 0) is 6.54 Å². The molecule has 1 aliphatic heterocycles. The van der Waals surface area contributed by atoms with Gasteiger partial charge in [-0.3, -0.25) is 9.59 Å². The first-order valence-corrected chi connectivity index (χ1v) is 8.93. The van der Waals surface area contributed by atoms with E-state index in [4.69, 9.17) is 25.8 Å². The summed E-state index contributed by atoms with van der Waals surface area (Å²) in [6.45, 7) is 0.962. The number of amides is 1. The van der Waals surface area contributed by atoms with E-state index >= 15 is 0 Å². The summed E-state index contributed by atoms with van der Waals surface area (Å²) in [5.74, 6) is 1.05. The Labute approximate surface area is 165 Å². The zero-order valence-corrected chi connectivity index (χ0v) is 16.0. The molecule has 1 aromatic heterocycles. The summed E-state index contributed by atoms with van der Waals surface area (Å²) in [4.78, 5) is 25.8. The maximum absolute atomic E-state index is 13.0. The number of benzene rings is 2. The van der Waals surface area contributed by atoms with Crippen molar-refractivity contribution in [2.45, 2.75) is 6.54 Å². The van der Waals surface area contributed by atoms with Gasteiger partial charge in [0.05, 0.1) is 36.7 Å². The first kappa shape index (κ1) is 18.2. The van der Waals surface area contributed by atoms with Crippen LogP contribution in [0.2, 0.25) is 5.02 Å². The fourth-order valence-corrected chi connectivity index (χ4v) is 3.52. The number of nitrogens with one attached hydrogen (secondary N) is 1. The Balaban J connectivity index is 1.78. The van der Waals surface area contributed by atoms with Gasteiger partial charge in [-0.05, 0) is 24.3 Å². The molecule has 0 saturated carbocycles. The fourth-order valence-electron chi connectivity index (χ4n) is 3.28. The lowest BCUT2D eigenvalue weighted by atomic mass is 10.1. The molecule has 0 atom stereocenters. The van der Waals surface area contributed by atoms with Crippen molar-refractivity contribution in [3.63, 3.8) is 0 Å². The van der Waals surface area contributed by atoms with Crippen LogP contribution in [0.3, 0.4) is 0 Å². The Morgan fingerprint density at radius 3 is 2.71 bits per heavy atom. The minimum Gasteiger partial charge on any atom is -0.493 e. The van der Waals surface area contributed by atoms with Crippen molar-refractivity contribution in [2.75, 3.05) is 26.1 Å². The molecule has 144 valence electrons. The topological polar surface area (TPSA) is 78.8 Å². The van der Waals surface area contributed by atoms with E-state index in [1.165, 1.54) is 14.2 Å². The van der Waals surface area contributed by atoms with Crippen molar-refractivity contribution in [1.82, 2.24) is 4.57 Å². The van der Waals surface area contributed by atoms with Gasteiger partial charge in [0, 0.05) is 18.0 Å². The van der Waals surface area contributed by atoms with Gasteiger partial charge in [-0.2, -0.15) is 0 Å². The molecule has 8 heteroatoms. The molecule has 0 radical (unpaired) electrons. The normalized spacial score (nSPS) is 12.4. The fraction of sp³-hybridized carbons (Fsp3) is 0.200. The number of aromatic nitrogens is 1. The van der Waals surface area contributed by atoms with E-state index in [1.54, 1.807) is 36.5 Å². The van der Waals surface area contributed by atoms with Crippen molar-refractivity contribution in [2.24, 2.45) is 0 Å². The number of carbonyl (C=O) groups is 1. The number of anilines is 1. The minimum atomic E-state index is -0.532. The average Bonchev–Trinajstić information content (AvgIpc) is 2.71. The third-order valence-electron chi connectivity index (χ3n) is 4.61. The van der Waals surface area contributed by atoms with Crippen molar-refractivity contribution in [3.05, 3.63) is 57.3 Å². The monoisotopic (exact) mass is 400 g/mol. The Hall–Kier alpha value is -3.19. The van der Waals surface area contributed by atoms with Crippen molar-refractivity contribution < 1.29 is 19.0 Å². The van der Waals surface area contributed by atoms with E-state index in [-0.39, 0.29) is 16.0 Å². The van der Waals surface area contributed by atoms with Crippen LogP contribution >= 0.6 is 11.6 Å². The molecule has 0 unspecified atom stereocenters. The Morgan fingerprint density at radius 2 is 1.96 bits per heavy atom. The number of rotatable bonds is 4. The van der Waals surface area contributed by atoms with Gasteiger partial charge in [0.1, 0.15) is 17.9 Å². The van der Waals surface area contributed by atoms with Crippen molar-refractivity contribution in [1.29, 1.82) is 0 Å². The van der Waals surface area contributed by atoms with Crippen LogP contribution in [0.5, 0.6) is 17.2 Å². The standard InChI is InChI=1S/C20H17ClN2O5/c1-26-14-5-3-11(9-16(14)27-2)22-20(25)12-10-23-7-8-28-15-6-4-13(21)17(18(15)23)19(12)24/h3-6,9-10H,7-8H2,1-2H3,(H,22,25). The second-order valence-corrected chi connectivity index (χ2v) is 6.61. The predicted octanol–water partition coefficient (Wildman–Crippen LogP) is 3.32. The van der Waals surface area contributed by atoms with Crippen LogP contribution in [0.25, 0.3) is 10.9 Å². The summed E-state index contributed by atoms with van der Waals surface area (Å²) >= 11 is 6.27. The predicted molar refractivity (Wildman–Crippen MR) is 106 cm³/mol. The van der Waals surface area contributed by atoms with E-state index in [0.29, 0.717) is 41.6 Å². The van der Waals surface area contributed by atoms with E-state index in [0.717, 1.165) is 0 Å². The lowest BCUT2D eigenvalue weighted by Crippen LogP contribution is -2.26. The smallest absolute Gasteiger partial charge is 0.261 e. The molecule has 1 amide bonds. The molecule has 2 aromatic carbocycles. The molecule has 7 nitrogen and oxygen atoms in total. The van der Waals surface area contributed by atoms with Gasteiger partial charge in [-0.25, -0.2) is 0 Å². The first-order valence-electron chi connectivity index (χ1n) is 8.55. The summed E-state index contributed by atoms with van der Waals surface area (Å²) in [6, 6.07) is 8.29. The van der Waals surface area contributed by atoms with Crippen LogP contribution < -0.4 is 25.0 Å². The van der Waals surface area contributed by atoms with Gasteiger partial charge in [0.2, 0.25) is 5.43 Å². The first-order chi connectivity index (χ1) is 13.5. The number of pyridine rings is 1. The number of ether oxygens (including phenoxy) is 3. The Bertz CT molecular complexity index is 1160. The molecule has 1 N–H and O–H groups in total. The Morgan fingerprint density at radius 1 is 1.18 bits per heavy atom. The highest BCUT2D eigenvalue weighted by molar-refractivity contribution is 6.35. The Kier molecular flexibility index (Phi) is 4.60. The van der Waals surface area contributed by atoms with E-state index in [9.17, 15) is 9.59 Å². The molecule has 3 aromatic rings. The molecule has 0 spiro atoms. The molecular weight excluding hydrogens is 384 g/mol. The van der Waals surface area contributed by atoms with Crippen LogP contribution in [0.1, 0.15) is 10.4 Å². The highest BCUT2D eigenvalue weighted by Crippen LogP contribution is 2.33. The van der Waals surface area contributed by atoms with Crippen molar-refractivity contribution >= 4 is 34.1 Å². The molecular formula is C20H17ClN2O5. The molecule has 0 fully saturated rings. The molecule has 4 rings (SSSR count). The van der Waals surface area contributed by atoms with Gasteiger partial charge in [-0.15, -0.1) is 0 Å². The maximum Gasteiger partial charge on any atom is 0.261 e. The molecule has 0 bridgehead atoms. The lowest BCUT2D eigenvalue weighted by Gasteiger charge is -2.22. The second-order valence-electron chi connectivity index (χ2n) is 6.21. The largest absolute Gasteiger partial charge is 0.493 e. The second kappa shape index (κ2) is 7.09. The molecule has 28 heavy (non-hydrogen) atoms. The third-order valence-corrected chi connectivity index (χ3v) is 4.92. The average molecular weight is 401 g/mol. The number of carbonyl (C=O) groups excluding carboxylic acids is 1. The van der Waals surface area contributed by atoms with Crippen LogP contribution in [0.15, 0.2) is 41.3 Å². The summed E-state index contributed by atoms with van der Waals surface area (Å²) in [5.41, 5.74) is 0.639. The van der Waals surface area contributed by atoms with Gasteiger partial charge in [0.15, 0.2) is 11.5 Å². The van der Waals surface area contributed by atoms with E-state index in [2.05, 4.69) is 5.32 Å². The van der Waals surface area contributed by atoms with Gasteiger partial charge in [0.25, 0.3) is 5.91 Å². The van der Waals surface area contributed by atoms with Crippen LogP contribution in [-0.4, -0.2) is 31.3 Å². The maximum atomic E-state index is 13.0. The number of hydrogen-bond donors (Lipinski definition) is 1. The van der Waals surface area contributed by atoms with E-state index < -0.39 is 11.3 Å². The highest BCUT2D eigenvalue weighted by Gasteiger charge is 2.22. The summed E-state index contributed by atoms with van der Waals surface area (Å²) in [6.07, 6.45) is 1.54. The van der Waals surface area contributed by atoms with Crippen LogP contribution in [0, 0.1) is 0 Å². The van der Waals surface area contributed by atoms with Crippen molar-refractivity contribution in [3.8, 4) is 17.2 Å². The van der Waals surface area contributed by atoms with E-state index in [1.807, 2.05) is 4.57 Å². The number of hydrogen-bond acceptors (Lipinski definition) is 5. The zero-order chi connectivity index (χ0) is 19.8. The summed E-state index contributed by atoms with van der Waals surface area (Å²) < 4.78 is 17.9. The zero-order valence-electron chi connectivity index (χ0n) is 15.2. The molecule has 1 aliphatic rings. The molecule has 0 saturated heterocycles. The lowest BCUT2D eigenvalue weighted by molar-refractivity contribution is 0.102. The SMILES string of the molecule is COc1ccc(NC(=O)c2cn3c4c(ccc(Cl)c4c2=O)OCC3)cc1OC. The van der Waals surface area contributed by atoms with Crippen LogP contribution in [0.4, 0.5) is 5.69 Å². The summed E-state index contributed by atoms with van der Waals surface area (Å²) in [7, 11) is 3.03. The number of halogens is 1. The third kappa shape index (κ3) is 2.93.